The maximum absolute atomic E-state index is 12.3. The van der Waals surface area contributed by atoms with Crippen molar-refractivity contribution in [1.29, 1.82) is 0 Å². The minimum atomic E-state index is -0.149. The molecule has 134 valence electrons. The van der Waals surface area contributed by atoms with Gasteiger partial charge < -0.3 is 10.2 Å². The van der Waals surface area contributed by atoms with Crippen LogP contribution in [-0.2, 0) is 7.05 Å². The van der Waals surface area contributed by atoms with Crippen LogP contribution >= 0.6 is 0 Å². The van der Waals surface area contributed by atoms with Crippen LogP contribution in [0.2, 0.25) is 0 Å². The van der Waals surface area contributed by atoms with Gasteiger partial charge in [-0.25, -0.2) is 9.20 Å². The Bertz CT molecular complexity index is 1010. The van der Waals surface area contributed by atoms with Gasteiger partial charge >= 0.3 is 0 Å². The molecule has 1 atom stereocenters. The molecule has 0 saturated carbocycles. The molecule has 0 aliphatic carbocycles. The van der Waals surface area contributed by atoms with E-state index in [0.717, 1.165) is 25.2 Å². The zero-order valence-electron chi connectivity index (χ0n) is 14.2. The van der Waals surface area contributed by atoms with Gasteiger partial charge in [-0.2, -0.15) is 5.10 Å². The van der Waals surface area contributed by atoms with Crippen LogP contribution in [0.4, 0.5) is 5.69 Å². The van der Waals surface area contributed by atoms with E-state index in [9.17, 15) is 9.59 Å². The van der Waals surface area contributed by atoms with Gasteiger partial charge in [0.05, 0.1) is 11.9 Å². The Hall–Kier alpha value is -3.30. The SMILES string of the molecule is Cn1ncc(N2CC[C@@H](CNC(=O)c3ccn4nnnc4c3)C2)cc1=O. The van der Waals surface area contributed by atoms with E-state index in [2.05, 4.69) is 30.8 Å². The van der Waals surface area contributed by atoms with Crippen LogP contribution in [0.3, 0.4) is 0 Å². The zero-order valence-corrected chi connectivity index (χ0v) is 14.2. The monoisotopic (exact) mass is 354 g/mol. The molecule has 3 aromatic rings. The van der Waals surface area contributed by atoms with Crippen molar-refractivity contribution in [2.24, 2.45) is 13.0 Å². The summed E-state index contributed by atoms with van der Waals surface area (Å²) in [6.07, 6.45) is 4.30. The molecule has 1 amide bonds. The van der Waals surface area contributed by atoms with E-state index in [0.29, 0.717) is 23.7 Å². The van der Waals surface area contributed by atoms with Gasteiger partial charge in [0.25, 0.3) is 11.5 Å². The van der Waals surface area contributed by atoms with Crippen molar-refractivity contribution in [3.05, 3.63) is 46.5 Å². The first-order valence-corrected chi connectivity index (χ1v) is 8.34. The normalized spacial score (nSPS) is 17.0. The van der Waals surface area contributed by atoms with Crippen molar-refractivity contribution in [3.8, 4) is 0 Å². The van der Waals surface area contributed by atoms with Crippen LogP contribution in [-0.4, -0.2) is 55.4 Å². The molecule has 0 radical (unpaired) electrons. The number of carbonyl (C=O) groups is 1. The lowest BCUT2D eigenvalue weighted by atomic mass is 10.1. The highest BCUT2D eigenvalue weighted by Crippen LogP contribution is 2.21. The molecule has 1 fully saturated rings. The number of tetrazole rings is 1. The molecule has 1 N–H and O–H groups in total. The quantitative estimate of drug-likeness (QED) is 0.671. The number of amides is 1. The van der Waals surface area contributed by atoms with Gasteiger partial charge in [0, 0.05) is 44.5 Å². The van der Waals surface area contributed by atoms with E-state index in [1.54, 1.807) is 37.6 Å². The van der Waals surface area contributed by atoms with Gasteiger partial charge in [0.2, 0.25) is 0 Å². The largest absolute Gasteiger partial charge is 0.370 e. The van der Waals surface area contributed by atoms with E-state index in [-0.39, 0.29) is 11.5 Å². The number of nitrogens with one attached hydrogen (secondary N) is 1. The van der Waals surface area contributed by atoms with Crippen LogP contribution in [0.1, 0.15) is 16.8 Å². The molecule has 3 aromatic heterocycles. The molecule has 10 heteroatoms. The molecule has 0 bridgehead atoms. The van der Waals surface area contributed by atoms with E-state index < -0.39 is 0 Å². The molecule has 0 unspecified atom stereocenters. The Morgan fingerprint density at radius 3 is 3.12 bits per heavy atom. The van der Waals surface area contributed by atoms with Crippen molar-refractivity contribution in [3.63, 3.8) is 0 Å². The molecular weight excluding hydrogens is 336 g/mol. The summed E-state index contributed by atoms with van der Waals surface area (Å²) in [5.41, 5.74) is 1.75. The minimum Gasteiger partial charge on any atom is -0.370 e. The third kappa shape index (κ3) is 3.13. The van der Waals surface area contributed by atoms with E-state index in [1.807, 2.05) is 0 Å². The summed E-state index contributed by atoms with van der Waals surface area (Å²) in [6, 6.07) is 4.93. The molecule has 26 heavy (non-hydrogen) atoms. The van der Waals surface area contributed by atoms with Gasteiger partial charge in [0.1, 0.15) is 0 Å². The number of rotatable bonds is 4. The number of aryl methyl sites for hydroxylation is 1. The van der Waals surface area contributed by atoms with Crippen molar-refractivity contribution in [2.75, 3.05) is 24.5 Å². The molecule has 1 aliphatic heterocycles. The van der Waals surface area contributed by atoms with Gasteiger partial charge in [-0.1, -0.05) is 0 Å². The molecule has 0 spiro atoms. The third-order valence-electron chi connectivity index (χ3n) is 4.62. The number of hydrogen-bond acceptors (Lipinski definition) is 7. The van der Waals surface area contributed by atoms with Crippen LogP contribution < -0.4 is 15.8 Å². The smallest absolute Gasteiger partial charge is 0.268 e. The summed E-state index contributed by atoms with van der Waals surface area (Å²) in [4.78, 5) is 26.2. The summed E-state index contributed by atoms with van der Waals surface area (Å²) in [5, 5.41) is 18.2. The third-order valence-corrected chi connectivity index (χ3v) is 4.62. The van der Waals surface area contributed by atoms with E-state index >= 15 is 0 Å². The average Bonchev–Trinajstić information content (AvgIpc) is 3.30. The van der Waals surface area contributed by atoms with Gasteiger partial charge in [-0.3, -0.25) is 9.59 Å². The predicted octanol–water partition coefficient (Wildman–Crippen LogP) is -0.526. The summed E-state index contributed by atoms with van der Waals surface area (Å²) >= 11 is 0. The Labute approximate surface area is 148 Å². The molecule has 4 rings (SSSR count). The Morgan fingerprint density at radius 2 is 2.27 bits per heavy atom. The first-order valence-electron chi connectivity index (χ1n) is 8.34. The Morgan fingerprint density at radius 1 is 1.38 bits per heavy atom. The number of pyridine rings is 1. The topological polar surface area (TPSA) is 110 Å². The lowest BCUT2D eigenvalue weighted by Gasteiger charge is -2.18. The summed E-state index contributed by atoms with van der Waals surface area (Å²) in [5.74, 6) is 0.172. The second-order valence-corrected chi connectivity index (χ2v) is 6.38. The maximum Gasteiger partial charge on any atom is 0.268 e. The van der Waals surface area contributed by atoms with E-state index in [4.69, 9.17) is 0 Å². The Balaban J connectivity index is 1.35. The fourth-order valence-electron chi connectivity index (χ4n) is 3.09. The molecule has 4 heterocycles. The zero-order chi connectivity index (χ0) is 18.1. The molecule has 10 nitrogen and oxygen atoms in total. The number of hydrogen-bond donors (Lipinski definition) is 1. The van der Waals surface area contributed by atoms with Crippen LogP contribution in [0.25, 0.3) is 5.65 Å². The first kappa shape index (κ1) is 16.2. The van der Waals surface area contributed by atoms with Crippen molar-refractivity contribution < 1.29 is 4.79 Å². The lowest BCUT2D eigenvalue weighted by Crippen LogP contribution is -2.31. The summed E-state index contributed by atoms with van der Waals surface area (Å²) < 4.78 is 2.81. The number of nitrogens with zero attached hydrogens (tertiary/aromatic N) is 7. The predicted molar refractivity (Wildman–Crippen MR) is 92.9 cm³/mol. The van der Waals surface area contributed by atoms with Crippen LogP contribution in [0, 0.1) is 5.92 Å². The second-order valence-electron chi connectivity index (χ2n) is 6.38. The molecule has 1 aliphatic rings. The summed E-state index contributed by atoms with van der Waals surface area (Å²) in [7, 11) is 1.63. The highest BCUT2D eigenvalue weighted by atomic mass is 16.1. The van der Waals surface area contributed by atoms with Crippen LogP contribution in [0.5, 0.6) is 0 Å². The first-order chi connectivity index (χ1) is 12.6. The number of aromatic nitrogens is 6. The van der Waals surface area contributed by atoms with Crippen molar-refractivity contribution in [1.82, 2.24) is 35.1 Å². The highest BCUT2D eigenvalue weighted by molar-refractivity contribution is 5.94. The van der Waals surface area contributed by atoms with Gasteiger partial charge in [-0.05, 0) is 34.9 Å². The van der Waals surface area contributed by atoms with Crippen molar-refractivity contribution >= 4 is 17.2 Å². The molecule has 1 saturated heterocycles. The number of carbonyl (C=O) groups excluding carboxylic acids is 1. The van der Waals surface area contributed by atoms with Gasteiger partial charge in [-0.15, -0.1) is 5.10 Å². The van der Waals surface area contributed by atoms with Gasteiger partial charge in [0.15, 0.2) is 5.65 Å². The second kappa shape index (κ2) is 6.54. The summed E-state index contributed by atoms with van der Waals surface area (Å²) in [6.45, 7) is 2.19. The minimum absolute atomic E-state index is 0.127. The van der Waals surface area contributed by atoms with Crippen LogP contribution in [0.15, 0.2) is 35.4 Å². The number of anilines is 1. The number of fused-ring (bicyclic) bond motifs is 1. The average molecular weight is 354 g/mol. The fraction of sp³-hybridized carbons (Fsp3) is 0.375. The molecular formula is C16H18N8O2. The lowest BCUT2D eigenvalue weighted by molar-refractivity contribution is 0.0948. The Kier molecular flexibility index (Phi) is 4.07. The molecule has 0 aromatic carbocycles. The maximum atomic E-state index is 12.3. The fourth-order valence-corrected chi connectivity index (χ4v) is 3.09. The van der Waals surface area contributed by atoms with E-state index in [1.165, 1.54) is 9.20 Å². The standard InChI is InChI=1S/C16H18N8O2/c1-22-15(25)7-13(9-18-22)23-4-2-11(10-23)8-17-16(26)12-3-5-24-14(6-12)19-20-21-24/h3,5-7,9,11H,2,4,8,10H2,1H3,(H,17,26)/t11-/m0/s1. The van der Waals surface area contributed by atoms with Crippen molar-refractivity contribution in [2.45, 2.75) is 6.42 Å². The highest BCUT2D eigenvalue weighted by Gasteiger charge is 2.24.